The third-order valence-corrected chi connectivity index (χ3v) is 4.07. The normalized spacial score (nSPS) is 12.5. The Morgan fingerprint density at radius 3 is 2.80 bits per heavy atom. The standard InChI is InChI=1S/C16H16N2OS/c1-11-7-13(9-19-11)14(17)8-16-18-15(10-20-16)12-5-3-2-4-6-12/h2-7,9-10,14H,8,17H2,1H3. The van der Waals surface area contributed by atoms with Crippen molar-refractivity contribution >= 4 is 11.3 Å². The predicted octanol–water partition coefficient (Wildman–Crippen LogP) is 3.95. The summed E-state index contributed by atoms with van der Waals surface area (Å²) in [5.74, 6) is 0.888. The molecule has 0 aliphatic rings. The number of hydrogen-bond donors (Lipinski definition) is 1. The van der Waals surface area contributed by atoms with Gasteiger partial charge in [-0.05, 0) is 13.0 Å². The van der Waals surface area contributed by atoms with E-state index in [1.54, 1.807) is 17.6 Å². The first-order valence-corrected chi connectivity index (χ1v) is 7.41. The summed E-state index contributed by atoms with van der Waals surface area (Å²) in [6, 6.07) is 12.1. The van der Waals surface area contributed by atoms with E-state index in [2.05, 4.69) is 22.5 Å². The quantitative estimate of drug-likeness (QED) is 0.789. The van der Waals surface area contributed by atoms with Crippen molar-refractivity contribution in [3.8, 4) is 11.3 Å². The second-order valence-electron chi connectivity index (χ2n) is 4.79. The number of rotatable bonds is 4. The summed E-state index contributed by atoms with van der Waals surface area (Å²) >= 11 is 1.65. The minimum Gasteiger partial charge on any atom is -0.469 e. The lowest BCUT2D eigenvalue weighted by molar-refractivity contribution is 0.528. The van der Waals surface area contributed by atoms with Crippen LogP contribution in [-0.2, 0) is 6.42 Å². The Balaban J connectivity index is 1.74. The molecule has 4 heteroatoms. The molecule has 0 aliphatic heterocycles. The van der Waals surface area contributed by atoms with Gasteiger partial charge in [0.1, 0.15) is 5.76 Å². The molecule has 3 rings (SSSR count). The molecule has 0 amide bonds. The number of furan rings is 1. The Morgan fingerprint density at radius 1 is 1.30 bits per heavy atom. The lowest BCUT2D eigenvalue weighted by Crippen LogP contribution is -2.12. The summed E-state index contributed by atoms with van der Waals surface area (Å²) in [4.78, 5) is 4.66. The molecule has 2 N–H and O–H groups in total. The zero-order valence-electron chi connectivity index (χ0n) is 11.2. The van der Waals surface area contributed by atoms with Gasteiger partial charge in [-0.2, -0.15) is 0 Å². The summed E-state index contributed by atoms with van der Waals surface area (Å²) in [6.07, 6.45) is 2.46. The fourth-order valence-electron chi connectivity index (χ4n) is 2.11. The summed E-state index contributed by atoms with van der Waals surface area (Å²) in [6.45, 7) is 1.92. The van der Waals surface area contributed by atoms with E-state index < -0.39 is 0 Å². The fourth-order valence-corrected chi connectivity index (χ4v) is 2.97. The number of hydrogen-bond acceptors (Lipinski definition) is 4. The topological polar surface area (TPSA) is 52.0 Å². The first-order chi connectivity index (χ1) is 9.72. The van der Waals surface area contributed by atoms with Crippen LogP contribution in [0.4, 0.5) is 0 Å². The van der Waals surface area contributed by atoms with Gasteiger partial charge in [-0.3, -0.25) is 0 Å². The van der Waals surface area contributed by atoms with Crippen LogP contribution < -0.4 is 5.73 Å². The number of thiazole rings is 1. The van der Waals surface area contributed by atoms with E-state index >= 15 is 0 Å². The van der Waals surface area contributed by atoms with Crippen molar-refractivity contribution in [2.45, 2.75) is 19.4 Å². The highest BCUT2D eigenvalue weighted by Gasteiger charge is 2.12. The Bertz CT molecular complexity index is 687. The largest absolute Gasteiger partial charge is 0.469 e. The average molecular weight is 284 g/mol. The van der Waals surface area contributed by atoms with Gasteiger partial charge < -0.3 is 10.2 Å². The smallest absolute Gasteiger partial charge is 0.101 e. The Kier molecular flexibility index (Phi) is 3.67. The van der Waals surface area contributed by atoms with Crippen molar-refractivity contribution in [3.05, 3.63) is 64.4 Å². The Hall–Kier alpha value is -1.91. The molecule has 2 heterocycles. The summed E-state index contributed by atoms with van der Waals surface area (Å²) in [7, 11) is 0. The van der Waals surface area contributed by atoms with E-state index in [1.165, 1.54) is 0 Å². The highest BCUT2D eigenvalue weighted by Crippen LogP contribution is 2.25. The number of aromatic nitrogens is 1. The lowest BCUT2D eigenvalue weighted by Gasteiger charge is -2.06. The average Bonchev–Trinajstić information content (AvgIpc) is 3.09. The molecule has 1 atom stereocenters. The second-order valence-corrected chi connectivity index (χ2v) is 5.74. The van der Waals surface area contributed by atoms with Gasteiger partial charge in [-0.1, -0.05) is 30.3 Å². The van der Waals surface area contributed by atoms with Crippen molar-refractivity contribution in [1.29, 1.82) is 0 Å². The molecule has 0 fully saturated rings. The molecule has 0 spiro atoms. The van der Waals surface area contributed by atoms with Crippen LogP contribution in [0.25, 0.3) is 11.3 Å². The molecular weight excluding hydrogens is 268 g/mol. The van der Waals surface area contributed by atoms with E-state index in [0.29, 0.717) is 0 Å². The number of benzene rings is 1. The van der Waals surface area contributed by atoms with E-state index in [9.17, 15) is 0 Å². The summed E-state index contributed by atoms with van der Waals surface area (Å²) in [5.41, 5.74) is 9.38. The van der Waals surface area contributed by atoms with Crippen LogP contribution in [0, 0.1) is 6.92 Å². The monoisotopic (exact) mass is 284 g/mol. The van der Waals surface area contributed by atoms with E-state index in [0.717, 1.165) is 34.0 Å². The number of nitrogens with zero attached hydrogens (tertiary/aromatic N) is 1. The molecule has 2 aromatic heterocycles. The molecule has 20 heavy (non-hydrogen) atoms. The maximum absolute atomic E-state index is 6.19. The summed E-state index contributed by atoms with van der Waals surface area (Å²) in [5, 5.41) is 3.13. The Labute approximate surface area is 122 Å². The van der Waals surface area contributed by atoms with Crippen LogP contribution in [-0.4, -0.2) is 4.98 Å². The fraction of sp³-hybridized carbons (Fsp3) is 0.188. The van der Waals surface area contributed by atoms with Crippen molar-refractivity contribution in [2.24, 2.45) is 5.73 Å². The van der Waals surface area contributed by atoms with Crippen molar-refractivity contribution < 1.29 is 4.42 Å². The molecular formula is C16H16N2OS. The van der Waals surface area contributed by atoms with Crippen LogP contribution in [0.1, 0.15) is 22.4 Å². The zero-order valence-corrected chi connectivity index (χ0v) is 12.1. The van der Waals surface area contributed by atoms with Crippen LogP contribution in [0.15, 0.2) is 52.5 Å². The second kappa shape index (κ2) is 5.61. The van der Waals surface area contributed by atoms with Crippen LogP contribution in [0.5, 0.6) is 0 Å². The molecule has 102 valence electrons. The minimum atomic E-state index is -0.0674. The maximum Gasteiger partial charge on any atom is 0.101 e. The molecule has 1 aromatic carbocycles. The SMILES string of the molecule is Cc1cc(C(N)Cc2nc(-c3ccccc3)cs2)co1. The highest BCUT2D eigenvalue weighted by atomic mass is 32.1. The van der Waals surface area contributed by atoms with Crippen molar-refractivity contribution in [1.82, 2.24) is 4.98 Å². The maximum atomic E-state index is 6.19. The van der Waals surface area contributed by atoms with Crippen LogP contribution in [0.2, 0.25) is 0 Å². The van der Waals surface area contributed by atoms with Gasteiger partial charge in [-0.25, -0.2) is 4.98 Å². The minimum absolute atomic E-state index is 0.0674. The van der Waals surface area contributed by atoms with Gasteiger partial charge in [0, 0.05) is 29.0 Å². The number of aryl methyl sites for hydroxylation is 1. The molecule has 0 aliphatic carbocycles. The predicted molar refractivity (Wildman–Crippen MR) is 81.6 cm³/mol. The third kappa shape index (κ3) is 2.81. The summed E-state index contributed by atoms with van der Waals surface area (Å²) < 4.78 is 5.30. The van der Waals surface area contributed by atoms with E-state index in [1.807, 2.05) is 31.2 Å². The third-order valence-electron chi connectivity index (χ3n) is 3.19. The number of nitrogens with two attached hydrogens (primary N) is 1. The zero-order chi connectivity index (χ0) is 13.9. The Morgan fingerprint density at radius 2 is 2.10 bits per heavy atom. The van der Waals surface area contributed by atoms with Gasteiger partial charge in [0.05, 0.1) is 17.0 Å². The van der Waals surface area contributed by atoms with Gasteiger partial charge in [0.25, 0.3) is 0 Å². The van der Waals surface area contributed by atoms with E-state index in [4.69, 9.17) is 10.2 Å². The van der Waals surface area contributed by atoms with Gasteiger partial charge in [0.15, 0.2) is 0 Å². The molecule has 0 saturated heterocycles. The van der Waals surface area contributed by atoms with Gasteiger partial charge in [-0.15, -0.1) is 11.3 Å². The molecule has 0 saturated carbocycles. The van der Waals surface area contributed by atoms with Crippen molar-refractivity contribution in [3.63, 3.8) is 0 Å². The first-order valence-electron chi connectivity index (χ1n) is 6.53. The molecule has 0 bridgehead atoms. The van der Waals surface area contributed by atoms with Crippen LogP contribution in [0.3, 0.4) is 0 Å². The van der Waals surface area contributed by atoms with Crippen molar-refractivity contribution in [2.75, 3.05) is 0 Å². The van der Waals surface area contributed by atoms with Gasteiger partial charge in [0.2, 0.25) is 0 Å². The lowest BCUT2D eigenvalue weighted by atomic mass is 10.1. The van der Waals surface area contributed by atoms with Gasteiger partial charge >= 0.3 is 0 Å². The molecule has 3 aromatic rings. The van der Waals surface area contributed by atoms with E-state index in [-0.39, 0.29) is 6.04 Å². The molecule has 3 nitrogen and oxygen atoms in total. The molecule has 0 radical (unpaired) electrons. The molecule has 1 unspecified atom stereocenters. The highest BCUT2D eigenvalue weighted by molar-refractivity contribution is 7.09. The van der Waals surface area contributed by atoms with Crippen LogP contribution >= 0.6 is 11.3 Å². The first kappa shape index (κ1) is 13.1.